The molecule has 2 atom stereocenters. The first-order valence-corrected chi connectivity index (χ1v) is 13.9. The molecule has 190 valence electrons. The minimum absolute atomic E-state index is 0.0331. The van der Waals surface area contributed by atoms with E-state index in [9.17, 15) is 10.2 Å². The molecule has 0 radical (unpaired) electrons. The van der Waals surface area contributed by atoms with Gasteiger partial charge in [-0.2, -0.15) is 0 Å². The molecule has 0 saturated heterocycles. The number of nitrogens with one attached hydrogen (secondary N) is 1. The molecule has 0 bridgehead atoms. The Hall–Kier alpha value is -1.23. The summed E-state index contributed by atoms with van der Waals surface area (Å²) in [6, 6.07) is 5.91. The normalized spacial score (nSPS) is 13.5. The second-order valence-electron chi connectivity index (χ2n) is 9.51. The molecule has 0 saturated carbocycles. The molecule has 4 nitrogen and oxygen atoms in total. The maximum absolute atomic E-state index is 10.3. The summed E-state index contributed by atoms with van der Waals surface area (Å²) in [6.45, 7) is 4.15. The van der Waals surface area contributed by atoms with Crippen LogP contribution in [0.1, 0.15) is 110 Å². The summed E-state index contributed by atoms with van der Waals surface area (Å²) in [4.78, 5) is 0. The van der Waals surface area contributed by atoms with Crippen LogP contribution in [-0.4, -0.2) is 35.5 Å². The number of unbranched alkanes of at least 4 members (excludes halogenated alkanes) is 14. The highest BCUT2D eigenvalue weighted by atomic mass is 16.3. The Balaban J connectivity index is 1.94. The van der Waals surface area contributed by atoms with Gasteiger partial charge in [0.1, 0.15) is 6.54 Å². The Labute approximate surface area is 204 Å². The molecule has 1 heterocycles. The van der Waals surface area contributed by atoms with Crippen LogP contribution < -0.4 is 9.88 Å². The lowest BCUT2D eigenvalue weighted by Crippen LogP contribution is -2.42. The highest BCUT2D eigenvalue weighted by Gasteiger charge is 2.14. The van der Waals surface area contributed by atoms with Gasteiger partial charge >= 0.3 is 0 Å². The molecule has 0 spiro atoms. The van der Waals surface area contributed by atoms with Crippen LogP contribution >= 0.6 is 0 Å². The van der Waals surface area contributed by atoms with Gasteiger partial charge in [-0.1, -0.05) is 95.8 Å². The number of nitrogens with zero attached hydrogens (tertiary/aromatic N) is 1. The molecule has 4 heteroatoms. The van der Waals surface area contributed by atoms with Crippen molar-refractivity contribution in [2.75, 3.05) is 13.2 Å². The fraction of sp³-hybridized carbons (Fsp3) is 0.759. The second kappa shape index (κ2) is 22.6. The summed E-state index contributed by atoms with van der Waals surface area (Å²) in [5.74, 6) is 0. The van der Waals surface area contributed by atoms with Gasteiger partial charge < -0.3 is 15.5 Å². The van der Waals surface area contributed by atoms with Crippen LogP contribution in [0.5, 0.6) is 0 Å². The van der Waals surface area contributed by atoms with Gasteiger partial charge in [-0.15, -0.1) is 0 Å². The van der Waals surface area contributed by atoms with Crippen LogP contribution in [0.4, 0.5) is 0 Å². The molecular weight excluding hydrogens is 408 g/mol. The predicted octanol–water partition coefficient (Wildman–Crippen LogP) is 6.10. The largest absolute Gasteiger partial charge is 0.395 e. The van der Waals surface area contributed by atoms with Gasteiger partial charge in [0.05, 0.1) is 18.8 Å². The van der Waals surface area contributed by atoms with Gasteiger partial charge in [-0.05, 0) is 32.2 Å². The third-order valence-electron chi connectivity index (χ3n) is 6.44. The Kier molecular flexibility index (Phi) is 20.4. The summed E-state index contributed by atoms with van der Waals surface area (Å²) < 4.78 is 2.22. The van der Waals surface area contributed by atoms with E-state index in [1.807, 2.05) is 12.1 Å². The van der Waals surface area contributed by atoms with Crippen LogP contribution in [0.3, 0.4) is 0 Å². The van der Waals surface area contributed by atoms with E-state index in [2.05, 4.69) is 47.4 Å². The standard InChI is InChI=1S/C29H53N2O2/c1-2-3-4-5-6-7-8-9-10-11-12-13-17-22-29(33)28(27-32)30-23-18-14-15-19-24-31-25-20-16-21-26-31/h16-17,20-22,25-26,28-30,32-33H,2-15,18-19,23-24,27H2,1H3/q+1/b22-17+/t28-,29+/m0/s1. The van der Waals surface area contributed by atoms with Gasteiger partial charge in [-0.25, -0.2) is 4.57 Å². The van der Waals surface area contributed by atoms with Gasteiger partial charge in [0, 0.05) is 18.6 Å². The average Bonchev–Trinajstić information content (AvgIpc) is 2.84. The molecule has 3 N–H and O–H groups in total. The van der Waals surface area contributed by atoms with Crippen molar-refractivity contribution in [3.05, 3.63) is 42.7 Å². The minimum Gasteiger partial charge on any atom is -0.395 e. The second-order valence-corrected chi connectivity index (χ2v) is 9.51. The highest BCUT2D eigenvalue weighted by Crippen LogP contribution is 2.12. The Bertz CT molecular complexity index is 550. The van der Waals surface area contributed by atoms with Gasteiger partial charge in [0.2, 0.25) is 0 Å². The number of allylic oxidation sites excluding steroid dienone is 1. The van der Waals surface area contributed by atoms with Crippen LogP contribution in [0.25, 0.3) is 0 Å². The fourth-order valence-corrected chi connectivity index (χ4v) is 4.23. The fourth-order valence-electron chi connectivity index (χ4n) is 4.23. The van der Waals surface area contributed by atoms with E-state index in [-0.39, 0.29) is 12.6 Å². The molecule has 0 aromatic carbocycles. The quantitative estimate of drug-likeness (QED) is 0.105. The molecule has 0 amide bonds. The molecule has 1 aromatic heterocycles. The monoisotopic (exact) mass is 461 g/mol. The number of pyridine rings is 1. The lowest BCUT2D eigenvalue weighted by molar-refractivity contribution is -0.697. The van der Waals surface area contributed by atoms with Crippen LogP contribution in [-0.2, 0) is 6.54 Å². The summed E-state index contributed by atoms with van der Waals surface area (Å²) in [5.41, 5.74) is 0. The van der Waals surface area contributed by atoms with Crippen molar-refractivity contribution in [2.24, 2.45) is 0 Å². The first kappa shape index (κ1) is 29.8. The SMILES string of the molecule is CCCCCCCCCCCCC/C=C/[C@@H](O)[C@H](CO)NCCCCCC[n+]1ccccc1. The number of aliphatic hydroxyl groups excluding tert-OH is 2. The van der Waals surface area contributed by atoms with Crippen molar-refractivity contribution in [3.63, 3.8) is 0 Å². The van der Waals surface area contributed by atoms with E-state index < -0.39 is 6.10 Å². The van der Waals surface area contributed by atoms with Gasteiger partial charge in [0.25, 0.3) is 0 Å². The molecule has 1 aromatic rings. The van der Waals surface area contributed by atoms with Crippen molar-refractivity contribution in [1.82, 2.24) is 5.32 Å². The lowest BCUT2D eigenvalue weighted by atomic mass is 10.0. The molecular formula is C29H53N2O2+. The van der Waals surface area contributed by atoms with E-state index in [1.54, 1.807) is 0 Å². The van der Waals surface area contributed by atoms with Crippen molar-refractivity contribution in [3.8, 4) is 0 Å². The van der Waals surface area contributed by atoms with E-state index in [0.29, 0.717) is 0 Å². The molecule has 0 unspecified atom stereocenters. The van der Waals surface area contributed by atoms with Crippen molar-refractivity contribution < 1.29 is 14.8 Å². The van der Waals surface area contributed by atoms with Crippen molar-refractivity contribution in [2.45, 2.75) is 128 Å². The van der Waals surface area contributed by atoms with Gasteiger partial charge in [-0.3, -0.25) is 0 Å². The number of hydrogen-bond acceptors (Lipinski definition) is 3. The van der Waals surface area contributed by atoms with Crippen LogP contribution in [0.15, 0.2) is 42.7 Å². The Morgan fingerprint density at radius 1 is 0.758 bits per heavy atom. The van der Waals surface area contributed by atoms with Crippen molar-refractivity contribution >= 4 is 0 Å². The number of hydrogen-bond donors (Lipinski definition) is 3. The summed E-state index contributed by atoms with van der Waals surface area (Å²) >= 11 is 0. The summed E-state index contributed by atoms with van der Waals surface area (Å²) in [6.07, 6.45) is 28.1. The number of aryl methyl sites for hydroxylation is 1. The predicted molar refractivity (Wildman–Crippen MR) is 140 cm³/mol. The van der Waals surface area contributed by atoms with E-state index >= 15 is 0 Å². The lowest BCUT2D eigenvalue weighted by Gasteiger charge is -2.19. The summed E-state index contributed by atoms with van der Waals surface area (Å²) in [5, 5.41) is 23.3. The Morgan fingerprint density at radius 3 is 1.97 bits per heavy atom. The molecule has 1 rings (SSSR count). The molecule has 33 heavy (non-hydrogen) atoms. The zero-order chi connectivity index (χ0) is 23.8. The zero-order valence-corrected chi connectivity index (χ0v) is 21.5. The minimum atomic E-state index is -0.614. The maximum atomic E-state index is 10.3. The first-order valence-electron chi connectivity index (χ1n) is 13.9. The Morgan fingerprint density at radius 2 is 1.33 bits per heavy atom. The maximum Gasteiger partial charge on any atom is 0.168 e. The highest BCUT2D eigenvalue weighted by molar-refractivity contribution is 4.94. The number of aromatic nitrogens is 1. The average molecular weight is 462 g/mol. The molecule has 0 fully saturated rings. The third-order valence-corrected chi connectivity index (χ3v) is 6.44. The smallest absolute Gasteiger partial charge is 0.168 e. The van der Waals surface area contributed by atoms with Crippen LogP contribution in [0.2, 0.25) is 0 Å². The molecule has 0 aliphatic heterocycles. The van der Waals surface area contributed by atoms with E-state index in [1.165, 1.54) is 89.9 Å². The summed E-state index contributed by atoms with van der Waals surface area (Å²) in [7, 11) is 0. The topological polar surface area (TPSA) is 56.4 Å². The third kappa shape index (κ3) is 17.9. The van der Waals surface area contributed by atoms with Gasteiger partial charge in [0.15, 0.2) is 12.4 Å². The molecule has 0 aliphatic carbocycles. The molecule has 0 aliphatic rings. The number of rotatable bonds is 23. The van der Waals surface area contributed by atoms with Crippen LogP contribution in [0, 0.1) is 0 Å². The van der Waals surface area contributed by atoms with E-state index in [4.69, 9.17) is 0 Å². The first-order chi connectivity index (χ1) is 16.3. The van der Waals surface area contributed by atoms with Crippen molar-refractivity contribution in [1.29, 1.82) is 0 Å². The number of aliphatic hydroxyl groups is 2. The zero-order valence-electron chi connectivity index (χ0n) is 21.5. The van der Waals surface area contributed by atoms with E-state index in [0.717, 1.165) is 25.9 Å².